The van der Waals surface area contributed by atoms with Crippen LogP contribution in [-0.2, 0) is 10.7 Å². The maximum Gasteiger partial charge on any atom is 0.208 e. The molecule has 18 heavy (non-hydrogen) atoms. The minimum absolute atomic E-state index is 0.334. The smallest absolute Gasteiger partial charge is 0.208 e. The topological polar surface area (TPSA) is 33.6 Å². The summed E-state index contributed by atoms with van der Waals surface area (Å²) in [6.45, 7) is 2.15. The predicted octanol–water partition coefficient (Wildman–Crippen LogP) is 3.51. The summed E-state index contributed by atoms with van der Waals surface area (Å²) < 4.78 is 7.94. The second-order valence-electron chi connectivity index (χ2n) is 4.52. The quantitative estimate of drug-likeness (QED) is 0.675. The highest BCUT2D eigenvalue weighted by Gasteiger charge is 2.17. The van der Waals surface area contributed by atoms with Crippen molar-refractivity contribution in [1.29, 1.82) is 0 Å². The van der Waals surface area contributed by atoms with Crippen LogP contribution in [-0.4, -0.2) is 5.84 Å². The van der Waals surface area contributed by atoms with E-state index in [1.807, 2.05) is 0 Å². The zero-order valence-electron chi connectivity index (χ0n) is 10.1. The van der Waals surface area contributed by atoms with E-state index in [9.17, 15) is 0 Å². The van der Waals surface area contributed by atoms with Crippen LogP contribution in [0.4, 0.5) is 0 Å². The van der Waals surface area contributed by atoms with Gasteiger partial charge in [0.05, 0.1) is 0 Å². The van der Waals surface area contributed by atoms with Gasteiger partial charge in [0.25, 0.3) is 0 Å². The Hall–Kier alpha value is -1.68. The summed E-state index contributed by atoms with van der Waals surface area (Å²) in [6.07, 6.45) is 0.959. The fourth-order valence-electron chi connectivity index (χ4n) is 2.15. The molecule has 1 aliphatic rings. The molecule has 0 saturated carbocycles. The van der Waals surface area contributed by atoms with Crippen LogP contribution in [0.3, 0.4) is 0 Å². The van der Waals surface area contributed by atoms with E-state index in [-0.39, 0.29) is 0 Å². The minimum atomic E-state index is 0.334. The van der Waals surface area contributed by atoms with Crippen molar-refractivity contribution < 1.29 is 4.28 Å². The molecular weight excluding hydrogens is 244 g/mol. The van der Waals surface area contributed by atoms with E-state index in [1.54, 1.807) is 0 Å². The molecule has 1 N–H and O–H groups in total. The average molecular weight is 258 g/mol. The van der Waals surface area contributed by atoms with Gasteiger partial charge in [-0.15, -0.1) is 0 Å². The van der Waals surface area contributed by atoms with Crippen LogP contribution in [0, 0.1) is 5.92 Å². The largest absolute Gasteiger partial charge is 0.297 e. The molecule has 0 aliphatic carbocycles. The molecule has 1 heterocycles. The molecular formula is C14H14N2OS. The number of oxime groups is 1. The first-order valence-electron chi connectivity index (χ1n) is 5.97. The number of hydrogen-bond acceptors (Lipinski definition) is 4. The van der Waals surface area contributed by atoms with Crippen LogP contribution in [0.1, 0.15) is 12.5 Å². The van der Waals surface area contributed by atoms with E-state index in [1.165, 1.54) is 28.6 Å². The highest BCUT2D eigenvalue weighted by Crippen LogP contribution is 2.20. The lowest BCUT2D eigenvalue weighted by Gasteiger charge is -2.10. The van der Waals surface area contributed by atoms with Gasteiger partial charge in [0.2, 0.25) is 12.2 Å². The van der Waals surface area contributed by atoms with E-state index in [0.29, 0.717) is 5.92 Å². The highest BCUT2D eigenvalue weighted by molar-refractivity contribution is 7.93. The molecule has 0 bridgehead atoms. The lowest BCUT2D eigenvalue weighted by molar-refractivity contribution is 0.412. The lowest BCUT2D eigenvalue weighted by Crippen LogP contribution is -2.22. The van der Waals surface area contributed by atoms with Gasteiger partial charge in [0.1, 0.15) is 0 Å². The number of rotatable bonds is 3. The van der Waals surface area contributed by atoms with Crippen LogP contribution in [0.15, 0.2) is 47.6 Å². The van der Waals surface area contributed by atoms with Gasteiger partial charge in [-0.2, -0.15) is 0 Å². The number of hydrogen-bond donors (Lipinski definition) is 1. The minimum Gasteiger partial charge on any atom is -0.297 e. The molecule has 2 aromatic carbocycles. The average Bonchev–Trinajstić information content (AvgIpc) is 2.92. The van der Waals surface area contributed by atoms with Crippen molar-refractivity contribution in [3.8, 4) is 0 Å². The molecule has 4 heteroatoms. The predicted molar refractivity (Wildman–Crippen MR) is 76.1 cm³/mol. The Morgan fingerprint density at radius 2 is 2.06 bits per heavy atom. The molecule has 0 spiro atoms. The van der Waals surface area contributed by atoms with Crippen molar-refractivity contribution in [2.45, 2.75) is 13.3 Å². The van der Waals surface area contributed by atoms with E-state index in [4.69, 9.17) is 4.28 Å². The Morgan fingerprint density at radius 3 is 2.83 bits per heavy atom. The summed E-state index contributed by atoms with van der Waals surface area (Å²) in [7, 11) is 0. The van der Waals surface area contributed by atoms with E-state index < -0.39 is 0 Å². The van der Waals surface area contributed by atoms with Gasteiger partial charge in [-0.25, -0.2) is 0 Å². The summed E-state index contributed by atoms with van der Waals surface area (Å²) in [5.41, 5.74) is 1.32. The lowest BCUT2D eigenvalue weighted by atomic mass is 9.98. The molecule has 92 valence electrons. The van der Waals surface area contributed by atoms with Gasteiger partial charge in [0, 0.05) is 5.92 Å². The molecule has 1 aliphatic heterocycles. The SMILES string of the molecule is CC(Cc1ccc2ccccc2c1)C1=NOSN1. The summed E-state index contributed by atoms with van der Waals surface area (Å²) in [6, 6.07) is 15.0. The maximum atomic E-state index is 4.88. The summed E-state index contributed by atoms with van der Waals surface area (Å²) in [5, 5.41) is 6.53. The first-order valence-corrected chi connectivity index (χ1v) is 6.71. The fraction of sp³-hybridized carbons (Fsp3) is 0.214. The molecule has 1 atom stereocenters. The molecule has 0 radical (unpaired) electrons. The molecule has 0 saturated heterocycles. The number of amidine groups is 1. The first kappa shape index (κ1) is 11.4. The van der Waals surface area contributed by atoms with Crippen molar-refractivity contribution >= 4 is 28.8 Å². The van der Waals surface area contributed by atoms with Crippen LogP contribution in [0.2, 0.25) is 0 Å². The summed E-state index contributed by atoms with van der Waals surface area (Å²) in [5.74, 6) is 1.24. The van der Waals surface area contributed by atoms with E-state index >= 15 is 0 Å². The van der Waals surface area contributed by atoms with Gasteiger partial charge in [-0.05, 0) is 22.8 Å². The van der Waals surface area contributed by atoms with Crippen molar-refractivity contribution in [3.05, 3.63) is 48.0 Å². The summed E-state index contributed by atoms with van der Waals surface area (Å²) in [4.78, 5) is 0. The van der Waals surface area contributed by atoms with E-state index in [0.717, 1.165) is 12.3 Å². The Morgan fingerprint density at radius 1 is 1.22 bits per heavy atom. The first-order chi connectivity index (χ1) is 8.83. The third-order valence-corrected chi connectivity index (χ3v) is 3.58. The third-order valence-electron chi connectivity index (χ3n) is 3.14. The van der Waals surface area contributed by atoms with Crippen molar-refractivity contribution in [2.24, 2.45) is 11.1 Å². The maximum absolute atomic E-state index is 4.88. The molecule has 0 amide bonds. The zero-order chi connectivity index (χ0) is 12.4. The Kier molecular flexibility index (Phi) is 3.11. The summed E-state index contributed by atoms with van der Waals surface area (Å²) >= 11 is 1.17. The van der Waals surface area contributed by atoms with Gasteiger partial charge < -0.3 is 0 Å². The molecule has 0 fully saturated rings. The monoisotopic (exact) mass is 258 g/mol. The van der Waals surface area contributed by atoms with Crippen LogP contribution in [0.5, 0.6) is 0 Å². The number of nitrogens with one attached hydrogen (secondary N) is 1. The molecule has 3 nitrogen and oxygen atoms in total. The van der Waals surface area contributed by atoms with Crippen LogP contribution < -0.4 is 4.72 Å². The van der Waals surface area contributed by atoms with Crippen molar-refractivity contribution in [1.82, 2.24) is 4.72 Å². The second-order valence-corrected chi connectivity index (χ2v) is 5.04. The fourth-order valence-corrected chi connectivity index (χ4v) is 2.62. The third kappa shape index (κ3) is 2.29. The zero-order valence-corrected chi connectivity index (χ0v) is 10.9. The normalized spacial score (nSPS) is 15.9. The van der Waals surface area contributed by atoms with Gasteiger partial charge in [0.15, 0.2) is 5.84 Å². The Balaban J connectivity index is 1.82. The molecule has 0 aromatic heterocycles. The van der Waals surface area contributed by atoms with Crippen LogP contribution in [0.25, 0.3) is 10.8 Å². The van der Waals surface area contributed by atoms with Gasteiger partial charge >= 0.3 is 0 Å². The number of fused-ring (bicyclic) bond motifs is 1. The highest BCUT2D eigenvalue weighted by atomic mass is 32.2. The molecule has 2 aromatic rings. The molecule has 1 unspecified atom stereocenters. The van der Waals surface area contributed by atoms with E-state index in [2.05, 4.69) is 59.3 Å². The van der Waals surface area contributed by atoms with Crippen LogP contribution >= 0.6 is 12.2 Å². The Bertz CT molecular complexity index is 597. The number of benzene rings is 2. The number of nitrogens with zero attached hydrogens (tertiary/aromatic N) is 1. The van der Waals surface area contributed by atoms with Crippen molar-refractivity contribution in [2.75, 3.05) is 0 Å². The van der Waals surface area contributed by atoms with Gasteiger partial charge in [-0.1, -0.05) is 54.5 Å². The standard InChI is InChI=1S/C14H14N2OS/c1-10(14-15-17-18-16-14)8-11-6-7-12-4-2-3-5-13(12)9-11/h2-7,9-10H,8H2,1H3,(H,15,16). The molecule has 3 rings (SSSR count). The van der Waals surface area contributed by atoms with Gasteiger partial charge in [-0.3, -0.25) is 9.01 Å². The van der Waals surface area contributed by atoms with Crippen molar-refractivity contribution in [3.63, 3.8) is 0 Å². The Labute approximate surface area is 111 Å². The second kappa shape index (κ2) is 4.90.